The minimum absolute atomic E-state index is 0.165. The van der Waals surface area contributed by atoms with Crippen molar-refractivity contribution in [2.45, 2.75) is 26.0 Å². The molecule has 28 heavy (non-hydrogen) atoms. The zero-order chi connectivity index (χ0) is 20.1. The summed E-state index contributed by atoms with van der Waals surface area (Å²) in [6.07, 6.45) is 3.80. The second-order valence-electron chi connectivity index (χ2n) is 6.26. The molecule has 9 heteroatoms. The van der Waals surface area contributed by atoms with Gasteiger partial charge in [-0.05, 0) is 25.1 Å². The zero-order valence-electron chi connectivity index (χ0n) is 15.4. The summed E-state index contributed by atoms with van der Waals surface area (Å²) in [6.45, 7) is 1.62. The molecule has 2 amide bonds. The van der Waals surface area contributed by atoms with Crippen molar-refractivity contribution in [3.05, 3.63) is 54.1 Å². The Kier molecular flexibility index (Phi) is 5.85. The van der Waals surface area contributed by atoms with Crippen LogP contribution in [0.2, 0.25) is 0 Å². The molecule has 146 valence electrons. The number of ether oxygens (including phenoxy) is 1. The van der Waals surface area contributed by atoms with Crippen molar-refractivity contribution in [1.29, 1.82) is 0 Å². The van der Waals surface area contributed by atoms with Gasteiger partial charge in [-0.25, -0.2) is 4.52 Å². The van der Waals surface area contributed by atoms with Crippen molar-refractivity contribution in [2.75, 3.05) is 11.5 Å². The van der Waals surface area contributed by atoms with Gasteiger partial charge in [0.05, 0.1) is 35.2 Å². The number of amides is 2. The van der Waals surface area contributed by atoms with E-state index in [0.717, 1.165) is 5.69 Å². The molecule has 1 unspecified atom stereocenters. The topological polar surface area (TPSA) is 123 Å². The maximum Gasteiger partial charge on any atom is 0.219 e. The summed E-state index contributed by atoms with van der Waals surface area (Å²) in [5.74, 6) is -0.0417. The summed E-state index contributed by atoms with van der Waals surface area (Å²) >= 11 is 0. The monoisotopic (exact) mass is 383 g/mol. The largest absolute Gasteiger partial charge is 0.487 e. The second-order valence-corrected chi connectivity index (χ2v) is 6.26. The van der Waals surface area contributed by atoms with Gasteiger partial charge in [-0.3, -0.25) is 14.6 Å². The first-order chi connectivity index (χ1) is 13.5. The van der Waals surface area contributed by atoms with Crippen LogP contribution in [0.4, 0.5) is 5.69 Å². The molecule has 1 atom stereocenters. The number of pyridine rings is 2. The Hall–Kier alpha value is -3.46. The molecule has 0 aromatic carbocycles. The zero-order valence-corrected chi connectivity index (χ0v) is 15.4. The molecule has 3 N–H and O–H groups in total. The maximum atomic E-state index is 11.8. The van der Waals surface area contributed by atoms with E-state index >= 15 is 0 Å². The number of carbonyl (C=O) groups is 2. The smallest absolute Gasteiger partial charge is 0.219 e. The van der Waals surface area contributed by atoms with Crippen LogP contribution in [0.5, 0.6) is 5.75 Å². The van der Waals surface area contributed by atoms with Crippen LogP contribution >= 0.6 is 0 Å². The lowest BCUT2D eigenvalue weighted by Gasteiger charge is -2.25. The fraction of sp³-hybridized carbons (Fsp3) is 0.263. The Morgan fingerprint density at radius 3 is 2.89 bits per heavy atom. The maximum absolute atomic E-state index is 11.8. The molecule has 3 rings (SSSR count). The highest BCUT2D eigenvalue weighted by Gasteiger charge is 2.25. The van der Waals surface area contributed by atoms with Crippen LogP contribution in [0.25, 0.3) is 5.52 Å². The van der Waals surface area contributed by atoms with Crippen LogP contribution in [0.3, 0.4) is 0 Å². The van der Waals surface area contributed by atoms with Gasteiger partial charge in [-0.1, -0.05) is 6.07 Å². The molecule has 0 spiro atoms. The standard InChI is InChI=1S/C19H21N5O4/c1-13-19(23(12-26)15(10-25)8-18(20)27)17-9-16(5-7-24(17)22-13)28-11-14-4-2-3-6-21-14/h2-7,9,12,15,25H,8,10-11H2,1H3,(H2,20,27). The minimum Gasteiger partial charge on any atom is -0.487 e. The molecule has 3 heterocycles. The summed E-state index contributed by atoms with van der Waals surface area (Å²) in [6, 6.07) is 8.28. The molecule has 0 aliphatic carbocycles. The third-order valence-corrected chi connectivity index (χ3v) is 4.27. The number of nitrogens with zero attached hydrogens (tertiary/aromatic N) is 4. The number of rotatable bonds is 9. The number of carbonyl (C=O) groups excluding carboxylic acids is 2. The number of aromatic nitrogens is 3. The second kappa shape index (κ2) is 8.49. The van der Waals surface area contributed by atoms with Gasteiger partial charge in [0.2, 0.25) is 12.3 Å². The average Bonchev–Trinajstić information content (AvgIpc) is 3.02. The number of nitrogens with two attached hydrogens (primary N) is 1. The van der Waals surface area contributed by atoms with Crippen LogP contribution in [0, 0.1) is 6.92 Å². The number of hydrogen-bond donors (Lipinski definition) is 2. The van der Waals surface area contributed by atoms with Gasteiger partial charge in [-0.2, -0.15) is 5.10 Å². The summed E-state index contributed by atoms with van der Waals surface area (Å²) in [5, 5.41) is 14.0. The molecular weight excluding hydrogens is 362 g/mol. The van der Waals surface area contributed by atoms with E-state index in [4.69, 9.17) is 10.5 Å². The van der Waals surface area contributed by atoms with E-state index in [1.807, 2.05) is 18.2 Å². The Labute approximate surface area is 161 Å². The van der Waals surface area contributed by atoms with E-state index in [1.165, 1.54) is 4.90 Å². The predicted molar refractivity (Wildman–Crippen MR) is 102 cm³/mol. The fourth-order valence-corrected chi connectivity index (χ4v) is 2.99. The number of primary amides is 1. The van der Waals surface area contributed by atoms with Gasteiger partial charge >= 0.3 is 0 Å². The van der Waals surface area contributed by atoms with Crippen molar-refractivity contribution in [2.24, 2.45) is 5.73 Å². The van der Waals surface area contributed by atoms with E-state index < -0.39 is 18.6 Å². The normalized spacial score (nSPS) is 11.9. The number of hydrogen-bond acceptors (Lipinski definition) is 6. The third-order valence-electron chi connectivity index (χ3n) is 4.27. The lowest BCUT2D eigenvalue weighted by atomic mass is 10.1. The van der Waals surface area contributed by atoms with Crippen LogP contribution in [0.1, 0.15) is 17.8 Å². The molecule has 0 saturated carbocycles. The fourth-order valence-electron chi connectivity index (χ4n) is 2.99. The Bertz CT molecular complexity index is 973. The molecule has 0 bridgehead atoms. The van der Waals surface area contributed by atoms with Crippen molar-refractivity contribution in [3.8, 4) is 5.75 Å². The summed E-state index contributed by atoms with van der Waals surface area (Å²) in [7, 11) is 0. The molecular formula is C19H21N5O4. The van der Waals surface area contributed by atoms with E-state index in [2.05, 4.69) is 10.1 Å². The quantitative estimate of drug-likeness (QED) is 0.527. The molecule has 3 aromatic rings. The number of aliphatic hydroxyl groups is 1. The Morgan fingerprint density at radius 1 is 1.43 bits per heavy atom. The van der Waals surface area contributed by atoms with Crippen LogP contribution in [-0.2, 0) is 16.2 Å². The lowest BCUT2D eigenvalue weighted by Crippen LogP contribution is -2.40. The molecule has 3 aromatic heterocycles. The van der Waals surface area contributed by atoms with Gasteiger partial charge in [-0.15, -0.1) is 0 Å². The molecule has 0 saturated heterocycles. The summed E-state index contributed by atoms with van der Waals surface area (Å²) in [5.41, 5.74) is 7.68. The molecule has 0 radical (unpaired) electrons. The van der Waals surface area contributed by atoms with E-state index in [-0.39, 0.29) is 13.0 Å². The lowest BCUT2D eigenvalue weighted by molar-refractivity contribution is -0.118. The average molecular weight is 383 g/mol. The molecule has 9 nitrogen and oxygen atoms in total. The highest BCUT2D eigenvalue weighted by atomic mass is 16.5. The Morgan fingerprint density at radius 2 is 2.25 bits per heavy atom. The van der Waals surface area contributed by atoms with E-state index in [9.17, 15) is 14.7 Å². The number of aliphatic hydroxyl groups excluding tert-OH is 1. The van der Waals surface area contributed by atoms with Gasteiger partial charge in [0.1, 0.15) is 12.4 Å². The van der Waals surface area contributed by atoms with E-state index in [0.29, 0.717) is 29.1 Å². The molecule has 0 fully saturated rings. The summed E-state index contributed by atoms with van der Waals surface area (Å²) < 4.78 is 7.40. The van der Waals surface area contributed by atoms with Gasteiger partial charge in [0.15, 0.2) is 0 Å². The number of aryl methyl sites for hydroxylation is 1. The van der Waals surface area contributed by atoms with Crippen molar-refractivity contribution < 1.29 is 19.4 Å². The van der Waals surface area contributed by atoms with Crippen molar-refractivity contribution in [1.82, 2.24) is 14.6 Å². The SMILES string of the molecule is Cc1nn2ccc(OCc3ccccn3)cc2c1N(C=O)C(CO)CC(N)=O. The first kappa shape index (κ1) is 19.3. The first-order valence-electron chi connectivity index (χ1n) is 8.68. The molecule has 0 aliphatic rings. The highest BCUT2D eigenvalue weighted by molar-refractivity contribution is 5.89. The van der Waals surface area contributed by atoms with Gasteiger partial charge in [0.25, 0.3) is 0 Å². The van der Waals surface area contributed by atoms with Crippen LogP contribution in [0.15, 0.2) is 42.7 Å². The Balaban J connectivity index is 1.94. The predicted octanol–water partition coefficient (Wildman–Crippen LogP) is 0.816. The minimum atomic E-state index is -0.778. The van der Waals surface area contributed by atoms with Crippen LogP contribution in [-0.4, -0.2) is 44.7 Å². The first-order valence-corrected chi connectivity index (χ1v) is 8.68. The van der Waals surface area contributed by atoms with Gasteiger partial charge < -0.3 is 20.5 Å². The van der Waals surface area contributed by atoms with Gasteiger partial charge in [0, 0.05) is 24.9 Å². The number of fused-ring (bicyclic) bond motifs is 1. The number of anilines is 1. The third kappa shape index (κ3) is 4.09. The summed E-state index contributed by atoms with van der Waals surface area (Å²) in [4.78, 5) is 28.6. The van der Waals surface area contributed by atoms with Crippen molar-refractivity contribution in [3.63, 3.8) is 0 Å². The molecule has 0 aliphatic heterocycles. The van der Waals surface area contributed by atoms with E-state index in [1.54, 1.807) is 36.0 Å². The van der Waals surface area contributed by atoms with Crippen molar-refractivity contribution >= 4 is 23.5 Å². The highest BCUT2D eigenvalue weighted by Crippen LogP contribution is 2.30. The van der Waals surface area contributed by atoms with Crippen LogP contribution < -0.4 is 15.4 Å².